The first-order chi connectivity index (χ1) is 8.67. The fraction of sp³-hybridized carbons (Fsp3) is 0.643. The van der Waals surface area contributed by atoms with Crippen LogP contribution >= 0.6 is 0 Å². The van der Waals surface area contributed by atoms with Crippen LogP contribution in [-0.4, -0.2) is 43.7 Å². The van der Waals surface area contributed by atoms with E-state index in [0.717, 1.165) is 32.1 Å². The highest BCUT2D eigenvalue weighted by atomic mass is 16.5. The Hall–Kier alpha value is -1.13. The van der Waals surface area contributed by atoms with Gasteiger partial charge in [-0.1, -0.05) is 13.0 Å². The van der Waals surface area contributed by atoms with Crippen molar-refractivity contribution in [2.24, 2.45) is 5.41 Å². The van der Waals surface area contributed by atoms with Gasteiger partial charge in [0.15, 0.2) is 0 Å². The van der Waals surface area contributed by atoms with Crippen molar-refractivity contribution in [1.82, 2.24) is 15.2 Å². The molecule has 1 aliphatic rings. The second-order valence-electron chi connectivity index (χ2n) is 5.47. The SMILES string of the molecule is CNCC1(C)CCN(Cc2cccnc2OC)C1. The molecule has 1 fully saturated rings. The fourth-order valence-corrected chi connectivity index (χ4v) is 2.80. The van der Waals surface area contributed by atoms with Crippen molar-refractivity contribution in [2.45, 2.75) is 19.9 Å². The molecule has 100 valence electrons. The van der Waals surface area contributed by atoms with Gasteiger partial charge >= 0.3 is 0 Å². The van der Waals surface area contributed by atoms with E-state index >= 15 is 0 Å². The third-order valence-electron chi connectivity index (χ3n) is 3.68. The standard InChI is InChI=1S/C14H23N3O/c1-14(10-15-2)6-8-17(11-14)9-12-5-4-7-16-13(12)18-3/h4-5,7,15H,6,8-11H2,1-3H3. The van der Waals surface area contributed by atoms with E-state index in [0.29, 0.717) is 5.41 Å². The lowest BCUT2D eigenvalue weighted by Gasteiger charge is -2.24. The number of methoxy groups -OCH3 is 1. The molecule has 2 heterocycles. The average Bonchev–Trinajstić information content (AvgIpc) is 2.72. The summed E-state index contributed by atoms with van der Waals surface area (Å²) in [4.78, 5) is 6.73. The smallest absolute Gasteiger partial charge is 0.217 e. The van der Waals surface area contributed by atoms with Gasteiger partial charge in [0.1, 0.15) is 0 Å². The van der Waals surface area contributed by atoms with Crippen LogP contribution < -0.4 is 10.1 Å². The zero-order chi connectivity index (χ0) is 13.0. The summed E-state index contributed by atoms with van der Waals surface area (Å²) in [7, 11) is 3.71. The average molecular weight is 249 g/mol. The van der Waals surface area contributed by atoms with Gasteiger partial charge in [0.25, 0.3) is 0 Å². The van der Waals surface area contributed by atoms with E-state index in [1.807, 2.05) is 13.1 Å². The quantitative estimate of drug-likeness (QED) is 0.858. The molecule has 18 heavy (non-hydrogen) atoms. The van der Waals surface area contributed by atoms with Crippen molar-refractivity contribution >= 4 is 0 Å². The maximum absolute atomic E-state index is 5.30. The number of likely N-dealkylation sites (tertiary alicyclic amines) is 1. The van der Waals surface area contributed by atoms with Crippen molar-refractivity contribution < 1.29 is 4.74 Å². The highest BCUT2D eigenvalue weighted by molar-refractivity contribution is 5.25. The van der Waals surface area contributed by atoms with Crippen LogP contribution in [0.25, 0.3) is 0 Å². The maximum Gasteiger partial charge on any atom is 0.217 e. The predicted octanol–water partition coefficient (Wildman–Crippen LogP) is 1.52. The monoisotopic (exact) mass is 249 g/mol. The molecule has 0 radical (unpaired) electrons. The Bertz CT molecular complexity index is 396. The van der Waals surface area contributed by atoms with Gasteiger partial charge in [-0.05, 0) is 31.5 Å². The number of rotatable bonds is 5. The summed E-state index contributed by atoms with van der Waals surface area (Å²) < 4.78 is 5.30. The first kappa shape index (κ1) is 13.3. The van der Waals surface area contributed by atoms with E-state index in [-0.39, 0.29) is 0 Å². The third kappa shape index (κ3) is 3.00. The number of nitrogens with one attached hydrogen (secondary N) is 1. The Balaban J connectivity index is 1.99. The summed E-state index contributed by atoms with van der Waals surface area (Å²) in [6.45, 7) is 6.64. The van der Waals surface area contributed by atoms with E-state index in [4.69, 9.17) is 4.74 Å². The summed E-state index contributed by atoms with van der Waals surface area (Å²) in [5, 5.41) is 3.29. The largest absolute Gasteiger partial charge is 0.481 e. The molecule has 1 N–H and O–H groups in total. The zero-order valence-electron chi connectivity index (χ0n) is 11.6. The fourth-order valence-electron chi connectivity index (χ4n) is 2.80. The summed E-state index contributed by atoms with van der Waals surface area (Å²) in [5.41, 5.74) is 1.57. The van der Waals surface area contributed by atoms with E-state index in [2.05, 4.69) is 28.2 Å². The number of aromatic nitrogens is 1. The van der Waals surface area contributed by atoms with E-state index < -0.39 is 0 Å². The van der Waals surface area contributed by atoms with Gasteiger partial charge in [-0.2, -0.15) is 0 Å². The number of hydrogen-bond acceptors (Lipinski definition) is 4. The van der Waals surface area contributed by atoms with E-state index in [1.165, 1.54) is 12.0 Å². The van der Waals surface area contributed by atoms with Crippen LogP contribution in [0.3, 0.4) is 0 Å². The molecular weight excluding hydrogens is 226 g/mol. The Kier molecular flexibility index (Phi) is 4.19. The maximum atomic E-state index is 5.30. The van der Waals surface area contributed by atoms with E-state index in [9.17, 15) is 0 Å². The number of ether oxygens (including phenoxy) is 1. The molecule has 0 aliphatic carbocycles. The van der Waals surface area contributed by atoms with Gasteiger partial charge < -0.3 is 10.1 Å². The van der Waals surface area contributed by atoms with Gasteiger partial charge in [0, 0.05) is 31.4 Å². The third-order valence-corrected chi connectivity index (χ3v) is 3.68. The molecule has 0 bridgehead atoms. The lowest BCUT2D eigenvalue weighted by Crippen LogP contribution is -2.33. The lowest BCUT2D eigenvalue weighted by atomic mass is 9.90. The highest BCUT2D eigenvalue weighted by Crippen LogP contribution is 2.30. The Morgan fingerprint density at radius 3 is 3.11 bits per heavy atom. The lowest BCUT2D eigenvalue weighted by molar-refractivity contribution is 0.261. The van der Waals surface area contributed by atoms with Crippen molar-refractivity contribution in [3.05, 3.63) is 23.9 Å². The Morgan fingerprint density at radius 1 is 1.56 bits per heavy atom. The summed E-state index contributed by atoms with van der Waals surface area (Å²) in [6, 6.07) is 4.07. The zero-order valence-corrected chi connectivity index (χ0v) is 11.6. The molecule has 1 atom stereocenters. The Labute approximate surface area is 109 Å². The van der Waals surface area contributed by atoms with Crippen LogP contribution in [0, 0.1) is 5.41 Å². The minimum atomic E-state index is 0.393. The summed E-state index contributed by atoms with van der Waals surface area (Å²) >= 11 is 0. The molecule has 0 spiro atoms. The molecule has 2 rings (SSSR count). The van der Waals surface area contributed by atoms with Crippen molar-refractivity contribution in [2.75, 3.05) is 33.8 Å². The van der Waals surface area contributed by atoms with Crippen LogP contribution in [0.5, 0.6) is 5.88 Å². The molecule has 4 heteroatoms. The van der Waals surface area contributed by atoms with Crippen molar-refractivity contribution in [1.29, 1.82) is 0 Å². The minimum Gasteiger partial charge on any atom is -0.481 e. The van der Waals surface area contributed by atoms with Gasteiger partial charge in [0.2, 0.25) is 5.88 Å². The van der Waals surface area contributed by atoms with E-state index in [1.54, 1.807) is 13.3 Å². The first-order valence-corrected chi connectivity index (χ1v) is 6.52. The molecule has 0 saturated carbocycles. The second-order valence-corrected chi connectivity index (χ2v) is 5.47. The highest BCUT2D eigenvalue weighted by Gasteiger charge is 2.33. The number of nitrogens with zero attached hydrogens (tertiary/aromatic N) is 2. The minimum absolute atomic E-state index is 0.393. The van der Waals surface area contributed by atoms with Gasteiger partial charge in [0.05, 0.1) is 7.11 Å². The Morgan fingerprint density at radius 2 is 2.39 bits per heavy atom. The molecule has 0 aromatic carbocycles. The summed E-state index contributed by atoms with van der Waals surface area (Å²) in [6.07, 6.45) is 3.02. The van der Waals surface area contributed by atoms with Crippen molar-refractivity contribution in [3.8, 4) is 5.88 Å². The molecule has 1 aliphatic heterocycles. The van der Waals surface area contributed by atoms with Crippen LogP contribution in [0.2, 0.25) is 0 Å². The van der Waals surface area contributed by atoms with Crippen LogP contribution in [0.1, 0.15) is 18.9 Å². The normalized spacial score (nSPS) is 24.4. The number of pyridine rings is 1. The topological polar surface area (TPSA) is 37.4 Å². The molecule has 1 saturated heterocycles. The van der Waals surface area contributed by atoms with Crippen molar-refractivity contribution in [3.63, 3.8) is 0 Å². The second kappa shape index (κ2) is 5.67. The summed E-state index contributed by atoms with van der Waals surface area (Å²) in [5.74, 6) is 0.750. The van der Waals surface area contributed by atoms with Gasteiger partial charge in [-0.3, -0.25) is 4.90 Å². The van der Waals surface area contributed by atoms with Crippen LogP contribution in [-0.2, 0) is 6.54 Å². The first-order valence-electron chi connectivity index (χ1n) is 6.52. The van der Waals surface area contributed by atoms with Gasteiger partial charge in [-0.25, -0.2) is 4.98 Å². The molecule has 1 unspecified atom stereocenters. The molecule has 4 nitrogen and oxygen atoms in total. The van der Waals surface area contributed by atoms with Crippen LogP contribution in [0.15, 0.2) is 18.3 Å². The predicted molar refractivity (Wildman–Crippen MR) is 72.7 cm³/mol. The van der Waals surface area contributed by atoms with Gasteiger partial charge in [-0.15, -0.1) is 0 Å². The number of hydrogen-bond donors (Lipinski definition) is 1. The van der Waals surface area contributed by atoms with Crippen LogP contribution in [0.4, 0.5) is 0 Å². The molecule has 0 amide bonds. The molecule has 1 aromatic rings. The molecule has 1 aromatic heterocycles. The molecular formula is C14H23N3O.